The SMILES string of the molecule is CCCC[C@H](N)CCC[C@H](/C=C/c1ccccc1)CC[C@H](/C=C/C(=O)O)[N-]c1ccc[nH]1. The molecule has 0 aliphatic rings. The smallest absolute Gasteiger partial charge is 0.327 e. The summed E-state index contributed by atoms with van der Waals surface area (Å²) >= 11 is 0. The highest BCUT2D eigenvalue weighted by Gasteiger charge is 2.10. The number of unbranched alkanes of at least 4 members (excludes halogenated alkanes) is 1. The van der Waals surface area contributed by atoms with Crippen molar-refractivity contribution in [3.63, 3.8) is 0 Å². The normalized spacial score (nSPS) is 14.6. The van der Waals surface area contributed by atoms with E-state index in [-0.39, 0.29) is 12.1 Å². The summed E-state index contributed by atoms with van der Waals surface area (Å²) in [7, 11) is 0. The van der Waals surface area contributed by atoms with Gasteiger partial charge >= 0.3 is 5.97 Å². The van der Waals surface area contributed by atoms with E-state index in [0.29, 0.717) is 5.92 Å². The zero-order valence-electron chi connectivity index (χ0n) is 19.2. The van der Waals surface area contributed by atoms with Crippen molar-refractivity contribution in [1.82, 2.24) is 4.98 Å². The average molecular weight is 437 g/mol. The number of H-pyrrole nitrogens is 1. The molecule has 32 heavy (non-hydrogen) atoms. The number of aromatic nitrogens is 1. The van der Waals surface area contributed by atoms with Gasteiger partial charge < -0.3 is 21.1 Å². The molecule has 1 aromatic heterocycles. The quantitative estimate of drug-likeness (QED) is 0.252. The van der Waals surface area contributed by atoms with Crippen molar-refractivity contribution in [2.75, 3.05) is 0 Å². The van der Waals surface area contributed by atoms with Gasteiger partial charge in [-0.1, -0.05) is 98.9 Å². The molecular weight excluding hydrogens is 398 g/mol. The number of hydrogen-bond acceptors (Lipinski definition) is 2. The summed E-state index contributed by atoms with van der Waals surface area (Å²) in [5, 5.41) is 13.7. The lowest BCUT2D eigenvalue weighted by Gasteiger charge is -2.24. The molecule has 0 amide bonds. The molecule has 0 bridgehead atoms. The number of hydrogen-bond donors (Lipinski definition) is 3. The van der Waals surface area contributed by atoms with Crippen molar-refractivity contribution >= 4 is 17.9 Å². The molecule has 0 radical (unpaired) electrons. The van der Waals surface area contributed by atoms with Gasteiger partial charge in [-0.05, 0) is 49.6 Å². The lowest BCUT2D eigenvalue weighted by Crippen LogP contribution is -2.19. The van der Waals surface area contributed by atoms with Crippen LogP contribution in [0.2, 0.25) is 0 Å². The Balaban J connectivity index is 1.98. The third kappa shape index (κ3) is 11.0. The first kappa shape index (κ1) is 25.5. The highest BCUT2D eigenvalue weighted by atomic mass is 16.4. The molecule has 4 N–H and O–H groups in total. The standard InChI is InChI=1S/C27H38N3O2/c1-2-3-12-24(28)13-7-11-23(16-15-22-9-5-4-6-10-22)17-18-25(19-20-27(31)32)30-26-14-8-21-29-26/h4-6,8-10,14-16,19-21,23-25,29H,2-3,7,11-13,17-18,28H2,1H3,(H,31,32)/q-1/b16-15+,20-19+/t23-,24+,25-/m1/s1. The number of benzene rings is 1. The molecular formula is C27H38N3O2-. The minimum Gasteiger partial charge on any atom is -0.478 e. The first-order valence-electron chi connectivity index (χ1n) is 11.8. The molecule has 2 rings (SSSR count). The molecule has 1 aromatic carbocycles. The van der Waals surface area contributed by atoms with Gasteiger partial charge in [-0.15, -0.1) is 0 Å². The van der Waals surface area contributed by atoms with Crippen LogP contribution in [-0.2, 0) is 4.79 Å². The van der Waals surface area contributed by atoms with Gasteiger partial charge in [0.1, 0.15) is 0 Å². The molecule has 2 aromatic rings. The minimum absolute atomic E-state index is 0.177. The number of aromatic amines is 1. The van der Waals surface area contributed by atoms with E-state index in [9.17, 15) is 4.79 Å². The van der Waals surface area contributed by atoms with Crippen LogP contribution in [0.1, 0.15) is 63.9 Å². The van der Waals surface area contributed by atoms with Crippen LogP contribution in [0.5, 0.6) is 0 Å². The number of allylic oxidation sites excluding steroid dienone is 1. The Hall–Kier alpha value is -2.79. The predicted molar refractivity (Wildman–Crippen MR) is 134 cm³/mol. The molecule has 0 fully saturated rings. The Morgan fingerprint density at radius 3 is 2.50 bits per heavy atom. The number of carbonyl (C=O) groups is 1. The fourth-order valence-corrected chi connectivity index (χ4v) is 3.76. The largest absolute Gasteiger partial charge is 0.478 e. The van der Waals surface area contributed by atoms with E-state index < -0.39 is 5.97 Å². The van der Waals surface area contributed by atoms with Crippen LogP contribution in [0, 0.1) is 5.92 Å². The zero-order valence-corrected chi connectivity index (χ0v) is 19.2. The van der Waals surface area contributed by atoms with Crippen molar-refractivity contribution in [3.8, 4) is 0 Å². The lowest BCUT2D eigenvalue weighted by atomic mass is 9.92. The van der Waals surface area contributed by atoms with E-state index in [1.165, 1.54) is 24.5 Å². The Labute approximate surface area is 192 Å². The molecule has 0 aliphatic heterocycles. The monoisotopic (exact) mass is 436 g/mol. The summed E-state index contributed by atoms with van der Waals surface area (Å²) in [6, 6.07) is 14.2. The molecule has 0 aliphatic carbocycles. The van der Waals surface area contributed by atoms with Gasteiger partial charge in [-0.3, -0.25) is 0 Å². The van der Waals surface area contributed by atoms with Crippen LogP contribution in [-0.4, -0.2) is 28.1 Å². The Bertz CT molecular complexity index is 800. The molecule has 1 heterocycles. The summed E-state index contributed by atoms with van der Waals surface area (Å²) in [6.45, 7) is 2.20. The van der Waals surface area contributed by atoms with Gasteiger partial charge in [0.05, 0.1) is 0 Å². The van der Waals surface area contributed by atoms with Gasteiger partial charge in [-0.25, -0.2) is 4.79 Å². The fraction of sp³-hybridized carbons (Fsp3) is 0.444. The van der Waals surface area contributed by atoms with Crippen molar-refractivity contribution in [2.45, 2.75) is 70.4 Å². The summed E-state index contributed by atoms with van der Waals surface area (Å²) in [6.07, 6.45) is 17.6. The maximum atomic E-state index is 11.0. The molecule has 0 unspecified atom stereocenters. The van der Waals surface area contributed by atoms with Crippen molar-refractivity contribution < 1.29 is 9.90 Å². The number of carboxylic acids is 1. The number of aliphatic carboxylic acids is 1. The number of nitrogens with zero attached hydrogens (tertiary/aromatic N) is 1. The molecule has 5 nitrogen and oxygen atoms in total. The second-order valence-electron chi connectivity index (χ2n) is 8.39. The molecule has 5 heteroatoms. The van der Waals surface area contributed by atoms with Gasteiger partial charge in [0.15, 0.2) is 0 Å². The maximum Gasteiger partial charge on any atom is 0.327 e. The van der Waals surface area contributed by atoms with Gasteiger partial charge in [0.2, 0.25) is 0 Å². The number of carboxylic acid groups (broad SMARTS) is 1. The van der Waals surface area contributed by atoms with Crippen LogP contribution in [0.4, 0.5) is 5.82 Å². The number of nitrogens with one attached hydrogen (secondary N) is 1. The Morgan fingerprint density at radius 2 is 1.81 bits per heavy atom. The summed E-state index contributed by atoms with van der Waals surface area (Å²) < 4.78 is 0. The fourth-order valence-electron chi connectivity index (χ4n) is 3.76. The van der Waals surface area contributed by atoms with E-state index in [1.807, 2.05) is 36.5 Å². The molecule has 3 atom stereocenters. The van der Waals surface area contributed by atoms with Crippen LogP contribution in [0.25, 0.3) is 11.4 Å². The van der Waals surface area contributed by atoms with Crippen LogP contribution < -0.4 is 5.73 Å². The Morgan fingerprint density at radius 1 is 1.03 bits per heavy atom. The molecule has 0 saturated carbocycles. The third-order valence-electron chi connectivity index (χ3n) is 5.62. The molecule has 0 spiro atoms. The van der Waals surface area contributed by atoms with Gasteiger partial charge in [-0.2, -0.15) is 0 Å². The highest BCUT2D eigenvalue weighted by molar-refractivity contribution is 5.80. The maximum absolute atomic E-state index is 11.0. The van der Waals surface area contributed by atoms with Crippen molar-refractivity contribution in [2.24, 2.45) is 11.7 Å². The molecule has 174 valence electrons. The first-order valence-corrected chi connectivity index (χ1v) is 11.8. The third-order valence-corrected chi connectivity index (χ3v) is 5.62. The topological polar surface area (TPSA) is 93.2 Å². The molecule has 0 saturated heterocycles. The Kier molecular flexibility index (Phi) is 12.0. The predicted octanol–water partition coefficient (Wildman–Crippen LogP) is 6.83. The van der Waals surface area contributed by atoms with E-state index in [1.54, 1.807) is 6.08 Å². The van der Waals surface area contributed by atoms with Crippen molar-refractivity contribution in [1.29, 1.82) is 0 Å². The van der Waals surface area contributed by atoms with Gasteiger partial charge in [0, 0.05) is 12.1 Å². The van der Waals surface area contributed by atoms with Gasteiger partial charge in [0.25, 0.3) is 0 Å². The zero-order chi connectivity index (χ0) is 23.0. The van der Waals surface area contributed by atoms with Crippen LogP contribution in [0.3, 0.4) is 0 Å². The summed E-state index contributed by atoms with van der Waals surface area (Å²) in [4.78, 5) is 14.1. The number of rotatable bonds is 16. The summed E-state index contributed by atoms with van der Waals surface area (Å²) in [5.41, 5.74) is 7.47. The number of nitrogens with two attached hydrogens (primary N) is 1. The van der Waals surface area contributed by atoms with Crippen LogP contribution >= 0.6 is 0 Å². The first-order chi connectivity index (χ1) is 15.6. The highest BCUT2D eigenvalue weighted by Crippen LogP contribution is 2.26. The van der Waals surface area contributed by atoms with E-state index in [4.69, 9.17) is 10.8 Å². The van der Waals surface area contributed by atoms with E-state index >= 15 is 0 Å². The second-order valence-corrected chi connectivity index (χ2v) is 8.39. The van der Waals surface area contributed by atoms with E-state index in [2.05, 4.69) is 41.5 Å². The van der Waals surface area contributed by atoms with Crippen LogP contribution in [0.15, 0.2) is 66.9 Å². The van der Waals surface area contributed by atoms with Crippen molar-refractivity contribution in [3.05, 3.63) is 77.8 Å². The lowest BCUT2D eigenvalue weighted by molar-refractivity contribution is -0.131. The van der Waals surface area contributed by atoms with E-state index in [0.717, 1.165) is 44.3 Å². The second kappa shape index (κ2) is 15.1. The average Bonchev–Trinajstić information content (AvgIpc) is 3.30. The summed E-state index contributed by atoms with van der Waals surface area (Å²) in [5.74, 6) is 0.217. The minimum atomic E-state index is -0.946.